The lowest BCUT2D eigenvalue weighted by molar-refractivity contribution is -0.120. The molecule has 0 atom stereocenters. The molecular formula is C17H19N3O4S. The number of amides is 2. The molecule has 0 spiro atoms. The Bertz CT molecular complexity index is 764. The van der Waals surface area contributed by atoms with Crippen molar-refractivity contribution in [2.75, 3.05) is 20.8 Å². The van der Waals surface area contributed by atoms with Crippen LogP contribution in [-0.2, 0) is 4.79 Å². The molecule has 0 unspecified atom stereocenters. The Hall–Kier alpha value is -2.87. The van der Waals surface area contributed by atoms with Gasteiger partial charge in [0, 0.05) is 16.5 Å². The van der Waals surface area contributed by atoms with E-state index in [1.54, 1.807) is 24.4 Å². The SMILES string of the molecule is COc1cc(OC)cc(C(=O)NCC(=O)N/N=C\c2sccc2C)c1. The summed E-state index contributed by atoms with van der Waals surface area (Å²) >= 11 is 1.53. The molecule has 0 saturated carbocycles. The van der Waals surface area contributed by atoms with Gasteiger partial charge in [-0.05, 0) is 36.1 Å². The van der Waals surface area contributed by atoms with Crippen molar-refractivity contribution in [2.24, 2.45) is 5.10 Å². The molecule has 0 saturated heterocycles. The lowest BCUT2D eigenvalue weighted by Gasteiger charge is -2.08. The summed E-state index contributed by atoms with van der Waals surface area (Å²) in [6.07, 6.45) is 1.58. The second-order valence-electron chi connectivity index (χ2n) is 5.05. The van der Waals surface area contributed by atoms with E-state index in [1.807, 2.05) is 18.4 Å². The number of benzene rings is 1. The molecule has 132 valence electrons. The average molecular weight is 361 g/mol. The average Bonchev–Trinajstić information content (AvgIpc) is 3.04. The van der Waals surface area contributed by atoms with E-state index in [-0.39, 0.29) is 6.54 Å². The van der Waals surface area contributed by atoms with E-state index in [1.165, 1.54) is 25.6 Å². The minimum atomic E-state index is -0.423. The van der Waals surface area contributed by atoms with Crippen molar-refractivity contribution >= 4 is 29.4 Å². The summed E-state index contributed by atoms with van der Waals surface area (Å²) in [5.41, 5.74) is 3.79. The van der Waals surface area contributed by atoms with Crippen molar-refractivity contribution in [2.45, 2.75) is 6.92 Å². The van der Waals surface area contributed by atoms with Gasteiger partial charge in [0.15, 0.2) is 0 Å². The summed E-state index contributed by atoms with van der Waals surface area (Å²) in [6, 6.07) is 6.75. The fourth-order valence-corrected chi connectivity index (χ4v) is 2.71. The maximum absolute atomic E-state index is 12.2. The normalized spacial score (nSPS) is 10.5. The Balaban J connectivity index is 1.88. The molecule has 0 aliphatic heterocycles. The van der Waals surface area contributed by atoms with E-state index in [0.717, 1.165) is 10.4 Å². The van der Waals surface area contributed by atoms with Gasteiger partial charge in [-0.15, -0.1) is 11.3 Å². The summed E-state index contributed by atoms with van der Waals surface area (Å²) in [5, 5.41) is 8.34. The standard InChI is InChI=1S/C17H19N3O4S/c1-11-4-5-25-15(11)9-19-20-16(21)10-18-17(22)12-6-13(23-2)8-14(7-12)24-3/h4-9H,10H2,1-3H3,(H,18,22)(H,20,21)/b19-9-. The van der Waals surface area contributed by atoms with E-state index >= 15 is 0 Å². The first-order valence-electron chi connectivity index (χ1n) is 7.40. The molecule has 0 aliphatic rings. The fourth-order valence-electron chi connectivity index (χ4n) is 1.92. The second kappa shape index (κ2) is 8.84. The zero-order chi connectivity index (χ0) is 18.2. The van der Waals surface area contributed by atoms with E-state index in [4.69, 9.17) is 9.47 Å². The summed E-state index contributed by atoms with van der Waals surface area (Å²) in [5.74, 6) is 0.147. The Morgan fingerprint density at radius 2 is 1.88 bits per heavy atom. The predicted octanol–water partition coefficient (Wildman–Crippen LogP) is 1.95. The van der Waals surface area contributed by atoms with Crippen LogP contribution in [0.5, 0.6) is 11.5 Å². The molecule has 2 rings (SSSR count). The Kier molecular flexibility index (Phi) is 6.53. The highest BCUT2D eigenvalue weighted by Crippen LogP contribution is 2.22. The lowest BCUT2D eigenvalue weighted by Crippen LogP contribution is -2.34. The molecule has 0 fully saturated rings. The molecule has 2 amide bonds. The van der Waals surface area contributed by atoms with Crippen LogP contribution in [0.15, 0.2) is 34.7 Å². The molecule has 0 aliphatic carbocycles. The smallest absolute Gasteiger partial charge is 0.259 e. The lowest BCUT2D eigenvalue weighted by atomic mass is 10.2. The number of rotatable bonds is 7. The zero-order valence-electron chi connectivity index (χ0n) is 14.2. The van der Waals surface area contributed by atoms with Crippen LogP contribution in [0.25, 0.3) is 0 Å². The molecule has 0 radical (unpaired) electrons. The van der Waals surface area contributed by atoms with Gasteiger partial charge in [0.05, 0.1) is 27.0 Å². The topological polar surface area (TPSA) is 89.0 Å². The van der Waals surface area contributed by atoms with Crippen LogP contribution >= 0.6 is 11.3 Å². The molecule has 2 aromatic rings. The number of hydrazone groups is 1. The van der Waals surface area contributed by atoms with Gasteiger partial charge in [-0.3, -0.25) is 9.59 Å². The minimum Gasteiger partial charge on any atom is -0.497 e. The summed E-state index contributed by atoms with van der Waals surface area (Å²) in [6.45, 7) is 1.77. The van der Waals surface area contributed by atoms with Gasteiger partial charge in [-0.2, -0.15) is 5.10 Å². The van der Waals surface area contributed by atoms with Crippen LogP contribution in [0, 0.1) is 6.92 Å². The number of hydrogen-bond donors (Lipinski definition) is 2. The van der Waals surface area contributed by atoms with Gasteiger partial charge >= 0.3 is 0 Å². The maximum atomic E-state index is 12.2. The third kappa shape index (κ3) is 5.32. The number of hydrogen-bond acceptors (Lipinski definition) is 6. The Morgan fingerprint density at radius 1 is 1.20 bits per heavy atom. The molecule has 2 N–H and O–H groups in total. The Labute approximate surface area is 149 Å². The molecule has 25 heavy (non-hydrogen) atoms. The van der Waals surface area contributed by atoms with Crippen LogP contribution in [-0.4, -0.2) is 38.8 Å². The molecule has 1 aromatic heterocycles. The second-order valence-corrected chi connectivity index (χ2v) is 5.99. The van der Waals surface area contributed by atoms with Crippen molar-refractivity contribution in [3.8, 4) is 11.5 Å². The molecular weight excluding hydrogens is 342 g/mol. The van der Waals surface area contributed by atoms with Crippen LogP contribution in [0.1, 0.15) is 20.8 Å². The Morgan fingerprint density at radius 3 is 2.44 bits per heavy atom. The van der Waals surface area contributed by atoms with Crippen LogP contribution in [0.4, 0.5) is 0 Å². The monoisotopic (exact) mass is 361 g/mol. The van der Waals surface area contributed by atoms with Crippen molar-refractivity contribution in [1.82, 2.24) is 10.7 Å². The minimum absolute atomic E-state index is 0.195. The van der Waals surface area contributed by atoms with E-state index in [2.05, 4.69) is 15.8 Å². The number of ether oxygens (including phenoxy) is 2. The number of nitrogens with zero attached hydrogens (tertiary/aromatic N) is 1. The van der Waals surface area contributed by atoms with Gasteiger partial charge in [0.2, 0.25) is 0 Å². The van der Waals surface area contributed by atoms with Crippen LogP contribution in [0.3, 0.4) is 0 Å². The van der Waals surface area contributed by atoms with Crippen molar-refractivity contribution in [3.63, 3.8) is 0 Å². The number of thiophene rings is 1. The quantitative estimate of drug-likeness (QED) is 0.583. The molecule has 1 heterocycles. The number of aryl methyl sites for hydroxylation is 1. The third-order valence-corrected chi connectivity index (χ3v) is 4.25. The first kappa shape index (κ1) is 18.5. The van der Waals surface area contributed by atoms with Gasteiger partial charge in [-0.25, -0.2) is 5.43 Å². The van der Waals surface area contributed by atoms with E-state index < -0.39 is 11.8 Å². The number of nitrogens with one attached hydrogen (secondary N) is 2. The number of carbonyl (C=O) groups is 2. The van der Waals surface area contributed by atoms with Crippen molar-refractivity contribution < 1.29 is 19.1 Å². The largest absolute Gasteiger partial charge is 0.497 e. The number of methoxy groups -OCH3 is 2. The third-order valence-electron chi connectivity index (χ3n) is 3.30. The highest BCUT2D eigenvalue weighted by atomic mass is 32.1. The van der Waals surface area contributed by atoms with Gasteiger partial charge in [0.25, 0.3) is 11.8 Å². The summed E-state index contributed by atoms with van der Waals surface area (Å²) < 4.78 is 10.2. The molecule has 1 aromatic carbocycles. The van der Waals surface area contributed by atoms with Crippen LogP contribution < -0.4 is 20.2 Å². The van der Waals surface area contributed by atoms with Gasteiger partial charge in [-0.1, -0.05) is 0 Å². The summed E-state index contributed by atoms with van der Waals surface area (Å²) in [7, 11) is 2.99. The number of carbonyl (C=O) groups excluding carboxylic acids is 2. The predicted molar refractivity (Wildman–Crippen MR) is 96.7 cm³/mol. The first-order chi connectivity index (χ1) is 12.0. The highest BCUT2D eigenvalue weighted by Gasteiger charge is 2.11. The van der Waals surface area contributed by atoms with Gasteiger partial charge in [0.1, 0.15) is 11.5 Å². The van der Waals surface area contributed by atoms with Gasteiger partial charge < -0.3 is 14.8 Å². The van der Waals surface area contributed by atoms with E-state index in [0.29, 0.717) is 17.1 Å². The van der Waals surface area contributed by atoms with Crippen molar-refractivity contribution in [3.05, 3.63) is 45.6 Å². The zero-order valence-corrected chi connectivity index (χ0v) is 15.0. The molecule has 0 bridgehead atoms. The van der Waals surface area contributed by atoms with Crippen molar-refractivity contribution in [1.29, 1.82) is 0 Å². The maximum Gasteiger partial charge on any atom is 0.259 e. The summed E-state index contributed by atoms with van der Waals surface area (Å²) in [4.78, 5) is 24.9. The highest BCUT2D eigenvalue weighted by molar-refractivity contribution is 7.11. The van der Waals surface area contributed by atoms with E-state index in [9.17, 15) is 9.59 Å². The molecule has 7 nitrogen and oxygen atoms in total. The first-order valence-corrected chi connectivity index (χ1v) is 8.28. The fraction of sp³-hybridized carbons (Fsp3) is 0.235. The molecule has 8 heteroatoms. The van der Waals surface area contributed by atoms with Crippen LogP contribution in [0.2, 0.25) is 0 Å².